The topological polar surface area (TPSA) is 81.4 Å². The molecule has 0 heterocycles. The summed E-state index contributed by atoms with van der Waals surface area (Å²) in [6.07, 6.45) is 0. The van der Waals surface area contributed by atoms with Crippen molar-refractivity contribution in [3.63, 3.8) is 0 Å². The maximum absolute atomic E-state index is 13.7. The summed E-state index contributed by atoms with van der Waals surface area (Å²) in [6.45, 7) is 0. The molecule has 0 aromatic heterocycles. The molecule has 2 aromatic carbocycles. The molecule has 5 nitrogen and oxygen atoms in total. The number of anilines is 2. The molecule has 108 valence electrons. The zero-order valence-corrected chi connectivity index (χ0v) is 11.2. The smallest absolute Gasteiger partial charge is 0.337 e. The first kappa shape index (κ1) is 14.5. The summed E-state index contributed by atoms with van der Waals surface area (Å²) >= 11 is 0. The lowest BCUT2D eigenvalue weighted by Crippen LogP contribution is -2.14. The van der Waals surface area contributed by atoms with Crippen LogP contribution in [0.2, 0.25) is 0 Å². The number of nitrogens with two attached hydrogens (primary N) is 1. The third-order valence-electron chi connectivity index (χ3n) is 2.78. The van der Waals surface area contributed by atoms with E-state index in [0.717, 1.165) is 6.07 Å². The van der Waals surface area contributed by atoms with Crippen molar-refractivity contribution < 1.29 is 18.7 Å². The molecule has 3 N–H and O–H groups in total. The van der Waals surface area contributed by atoms with Crippen molar-refractivity contribution in [2.45, 2.75) is 0 Å². The minimum absolute atomic E-state index is 0.132. The third-order valence-corrected chi connectivity index (χ3v) is 2.78. The quantitative estimate of drug-likeness (QED) is 0.671. The number of nitrogens with one attached hydrogen (secondary N) is 1. The lowest BCUT2D eigenvalue weighted by Gasteiger charge is -2.08. The summed E-state index contributed by atoms with van der Waals surface area (Å²) in [5.74, 6) is -1.86. The van der Waals surface area contributed by atoms with E-state index < -0.39 is 17.7 Å². The fraction of sp³-hybridized carbons (Fsp3) is 0.0667. The van der Waals surface area contributed by atoms with Crippen LogP contribution >= 0.6 is 0 Å². The molecule has 0 aliphatic heterocycles. The predicted molar refractivity (Wildman–Crippen MR) is 76.5 cm³/mol. The maximum Gasteiger partial charge on any atom is 0.337 e. The number of nitrogen functional groups attached to an aromatic ring is 1. The van der Waals surface area contributed by atoms with Crippen LogP contribution in [0, 0.1) is 5.82 Å². The molecule has 0 fully saturated rings. The van der Waals surface area contributed by atoms with Crippen molar-refractivity contribution >= 4 is 23.3 Å². The number of carbonyl (C=O) groups is 2. The summed E-state index contributed by atoms with van der Waals surface area (Å²) in [7, 11) is 1.26. The molecule has 0 unspecified atom stereocenters. The Hall–Kier alpha value is -2.89. The molecule has 6 heteroatoms. The largest absolute Gasteiger partial charge is 0.465 e. The average Bonchev–Trinajstić information content (AvgIpc) is 2.46. The molecule has 0 saturated carbocycles. The Morgan fingerprint density at radius 1 is 1.19 bits per heavy atom. The zero-order chi connectivity index (χ0) is 15.4. The minimum Gasteiger partial charge on any atom is -0.465 e. The molecule has 0 aliphatic rings. The highest BCUT2D eigenvalue weighted by Crippen LogP contribution is 2.16. The molecule has 0 aliphatic carbocycles. The third kappa shape index (κ3) is 3.36. The summed E-state index contributed by atoms with van der Waals surface area (Å²) < 4.78 is 18.2. The van der Waals surface area contributed by atoms with Gasteiger partial charge in [-0.15, -0.1) is 0 Å². The van der Waals surface area contributed by atoms with Crippen LogP contribution in [0.25, 0.3) is 0 Å². The van der Waals surface area contributed by atoms with Crippen LogP contribution in [0.3, 0.4) is 0 Å². The van der Waals surface area contributed by atoms with Crippen LogP contribution in [0.4, 0.5) is 15.8 Å². The summed E-state index contributed by atoms with van der Waals surface area (Å²) in [6, 6.07) is 9.96. The standard InChI is InChI=1S/C15H13FN2O3/c1-21-15(20)9-3-2-4-11(7-9)18-14(19)12-6-5-10(17)8-13(12)16/h2-8H,17H2,1H3,(H,18,19). The first-order chi connectivity index (χ1) is 10.0. The fourth-order valence-corrected chi connectivity index (χ4v) is 1.76. The van der Waals surface area contributed by atoms with E-state index in [4.69, 9.17) is 5.73 Å². The van der Waals surface area contributed by atoms with Gasteiger partial charge in [0.05, 0.1) is 18.2 Å². The number of ether oxygens (including phenoxy) is 1. The summed E-state index contributed by atoms with van der Waals surface area (Å²) in [5, 5.41) is 2.51. The number of esters is 1. The Kier molecular flexibility index (Phi) is 4.18. The van der Waals surface area contributed by atoms with Gasteiger partial charge in [-0.05, 0) is 36.4 Å². The Labute approximate surface area is 120 Å². The van der Waals surface area contributed by atoms with Gasteiger partial charge in [-0.3, -0.25) is 4.79 Å². The van der Waals surface area contributed by atoms with E-state index in [-0.39, 0.29) is 16.8 Å². The van der Waals surface area contributed by atoms with E-state index in [1.165, 1.54) is 25.3 Å². The molecule has 0 saturated heterocycles. The van der Waals surface area contributed by atoms with E-state index in [9.17, 15) is 14.0 Å². The van der Waals surface area contributed by atoms with Crippen LogP contribution in [0.15, 0.2) is 42.5 Å². The molecule has 0 bridgehead atoms. The molecular formula is C15H13FN2O3. The van der Waals surface area contributed by atoms with Crippen LogP contribution in [-0.2, 0) is 4.74 Å². The SMILES string of the molecule is COC(=O)c1cccc(NC(=O)c2ccc(N)cc2F)c1. The number of hydrogen-bond acceptors (Lipinski definition) is 4. The van der Waals surface area contributed by atoms with Gasteiger partial charge in [0.15, 0.2) is 0 Å². The second-order valence-corrected chi connectivity index (χ2v) is 4.27. The molecule has 0 atom stereocenters. The highest BCUT2D eigenvalue weighted by atomic mass is 19.1. The summed E-state index contributed by atoms with van der Waals surface area (Å²) in [5.41, 5.74) is 6.17. The van der Waals surface area contributed by atoms with Crippen molar-refractivity contribution in [2.24, 2.45) is 0 Å². The fourth-order valence-electron chi connectivity index (χ4n) is 1.76. The van der Waals surface area contributed by atoms with E-state index in [1.807, 2.05) is 0 Å². The monoisotopic (exact) mass is 288 g/mol. The molecule has 0 spiro atoms. The highest BCUT2D eigenvalue weighted by molar-refractivity contribution is 6.05. The Bertz CT molecular complexity index is 701. The van der Waals surface area contributed by atoms with Crippen molar-refractivity contribution in [3.05, 3.63) is 59.4 Å². The van der Waals surface area contributed by atoms with Crippen LogP contribution in [0.5, 0.6) is 0 Å². The number of hydrogen-bond donors (Lipinski definition) is 2. The summed E-state index contributed by atoms with van der Waals surface area (Å²) in [4.78, 5) is 23.4. The number of carbonyl (C=O) groups excluding carboxylic acids is 2. The molecule has 1 amide bonds. The van der Waals surface area contributed by atoms with Crippen molar-refractivity contribution in [3.8, 4) is 0 Å². The van der Waals surface area contributed by atoms with E-state index in [2.05, 4.69) is 10.1 Å². The van der Waals surface area contributed by atoms with Gasteiger partial charge in [-0.1, -0.05) is 6.07 Å². The number of rotatable bonds is 3. The van der Waals surface area contributed by atoms with Crippen LogP contribution in [-0.4, -0.2) is 19.0 Å². The minimum atomic E-state index is -0.711. The second kappa shape index (κ2) is 6.04. The van der Waals surface area contributed by atoms with Crippen LogP contribution in [0.1, 0.15) is 20.7 Å². The van der Waals surface area contributed by atoms with E-state index in [1.54, 1.807) is 18.2 Å². The second-order valence-electron chi connectivity index (χ2n) is 4.27. The highest BCUT2D eigenvalue weighted by Gasteiger charge is 2.13. The average molecular weight is 288 g/mol. The van der Waals surface area contributed by atoms with Gasteiger partial charge in [0.25, 0.3) is 5.91 Å². The van der Waals surface area contributed by atoms with E-state index in [0.29, 0.717) is 5.69 Å². The normalized spacial score (nSPS) is 10.0. The predicted octanol–water partition coefficient (Wildman–Crippen LogP) is 2.45. The van der Waals surface area contributed by atoms with Gasteiger partial charge < -0.3 is 15.8 Å². The Balaban J connectivity index is 2.21. The Morgan fingerprint density at radius 2 is 1.95 bits per heavy atom. The molecule has 0 radical (unpaired) electrons. The van der Waals surface area contributed by atoms with Crippen LogP contribution < -0.4 is 11.1 Å². The molecular weight excluding hydrogens is 275 g/mol. The number of amides is 1. The number of methoxy groups -OCH3 is 1. The van der Waals surface area contributed by atoms with E-state index >= 15 is 0 Å². The lowest BCUT2D eigenvalue weighted by molar-refractivity contribution is 0.0600. The first-order valence-electron chi connectivity index (χ1n) is 6.06. The number of halogens is 1. The van der Waals surface area contributed by atoms with Gasteiger partial charge in [-0.25, -0.2) is 9.18 Å². The van der Waals surface area contributed by atoms with Crippen molar-refractivity contribution in [1.82, 2.24) is 0 Å². The van der Waals surface area contributed by atoms with Gasteiger partial charge in [0.1, 0.15) is 5.82 Å². The maximum atomic E-state index is 13.7. The molecule has 2 aromatic rings. The first-order valence-corrected chi connectivity index (χ1v) is 6.06. The van der Waals surface area contributed by atoms with Gasteiger partial charge >= 0.3 is 5.97 Å². The zero-order valence-electron chi connectivity index (χ0n) is 11.2. The Morgan fingerprint density at radius 3 is 2.62 bits per heavy atom. The molecule has 21 heavy (non-hydrogen) atoms. The van der Waals surface area contributed by atoms with Gasteiger partial charge in [0.2, 0.25) is 0 Å². The molecule has 2 rings (SSSR count). The van der Waals surface area contributed by atoms with Gasteiger partial charge in [-0.2, -0.15) is 0 Å². The van der Waals surface area contributed by atoms with Crippen molar-refractivity contribution in [1.29, 1.82) is 0 Å². The number of benzene rings is 2. The van der Waals surface area contributed by atoms with Crippen molar-refractivity contribution in [2.75, 3.05) is 18.2 Å². The van der Waals surface area contributed by atoms with Gasteiger partial charge in [0, 0.05) is 11.4 Å². The lowest BCUT2D eigenvalue weighted by atomic mass is 10.1.